The summed E-state index contributed by atoms with van der Waals surface area (Å²) < 4.78 is 6.75. The van der Waals surface area contributed by atoms with Crippen LogP contribution in [0, 0.1) is 0 Å². The molecule has 0 bridgehead atoms. The summed E-state index contributed by atoms with van der Waals surface area (Å²) in [6.45, 7) is 1.91. The third kappa shape index (κ3) is 2.85. The highest BCUT2D eigenvalue weighted by Crippen LogP contribution is 2.08. The van der Waals surface area contributed by atoms with Crippen LogP contribution in [0.15, 0.2) is 52.8 Å². The Morgan fingerprint density at radius 1 is 1.39 bits per heavy atom. The molecule has 2 aromatic rings. The molecule has 2 rings (SSSR count). The molecule has 0 atom stereocenters. The molecule has 0 spiro atoms. The molecule has 0 amide bonds. The SMILES string of the molecule is CC(/C=C/C(=O)c1ccnn1C)=C\c1ccco1. The van der Waals surface area contributed by atoms with Gasteiger partial charge in [0, 0.05) is 13.2 Å². The molecule has 0 saturated carbocycles. The Morgan fingerprint density at radius 2 is 2.22 bits per heavy atom. The molecule has 0 aromatic carbocycles. The first kappa shape index (κ1) is 12.1. The van der Waals surface area contributed by atoms with Crippen LogP contribution in [-0.4, -0.2) is 15.6 Å². The third-order valence-electron chi connectivity index (χ3n) is 2.48. The fourth-order valence-electron chi connectivity index (χ4n) is 1.55. The van der Waals surface area contributed by atoms with Crippen LogP contribution in [0.1, 0.15) is 23.2 Å². The van der Waals surface area contributed by atoms with Crippen LogP contribution >= 0.6 is 0 Å². The van der Waals surface area contributed by atoms with Gasteiger partial charge in [-0.05, 0) is 42.8 Å². The van der Waals surface area contributed by atoms with Crippen LogP contribution in [0.3, 0.4) is 0 Å². The predicted molar refractivity (Wildman–Crippen MR) is 69.0 cm³/mol. The second kappa shape index (κ2) is 5.31. The number of ketones is 1. The van der Waals surface area contributed by atoms with Gasteiger partial charge in [-0.25, -0.2) is 0 Å². The number of allylic oxidation sites excluding steroid dienone is 3. The lowest BCUT2D eigenvalue weighted by atomic mass is 10.2. The van der Waals surface area contributed by atoms with E-state index in [0.29, 0.717) is 5.69 Å². The Labute approximate surface area is 105 Å². The van der Waals surface area contributed by atoms with Crippen molar-refractivity contribution < 1.29 is 9.21 Å². The van der Waals surface area contributed by atoms with Crippen molar-refractivity contribution >= 4 is 11.9 Å². The van der Waals surface area contributed by atoms with Gasteiger partial charge in [-0.1, -0.05) is 6.08 Å². The van der Waals surface area contributed by atoms with E-state index in [1.165, 1.54) is 6.08 Å². The van der Waals surface area contributed by atoms with Gasteiger partial charge in [0.15, 0.2) is 0 Å². The summed E-state index contributed by atoms with van der Waals surface area (Å²) >= 11 is 0. The van der Waals surface area contributed by atoms with Crippen LogP contribution in [-0.2, 0) is 7.05 Å². The summed E-state index contributed by atoms with van der Waals surface area (Å²) in [5, 5.41) is 3.96. The van der Waals surface area contributed by atoms with Crippen molar-refractivity contribution in [1.82, 2.24) is 9.78 Å². The highest BCUT2D eigenvalue weighted by molar-refractivity contribution is 6.03. The maximum atomic E-state index is 11.8. The number of furan rings is 1. The first-order chi connectivity index (χ1) is 8.66. The maximum absolute atomic E-state index is 11.8. The van der Waals surface area contributed by atoms with Crippen molar-refractivity contribution in [3.8, 4) is 0 Å². The lowest BCUT2D eigenvalue weighted by molar-refractivity contribution is 0.103. The van der Waals surface area contributed by atoms with E-state index in [0.717, 1.165) is 11.3 Å². The number of aromatic nitrogens is 2. The average Bonchev–Trinajstić information content (AvgIpc) is 2.97. The van der Waals surface area contributed by atoms with Crippen LogP contribution in [0.4, 0.5) is 0 Å². The van der Waals surface area contributed by atoms with Crippen molar-refractivity contribution in [2.24, 2.45) is 7.05 Å². The molecule has 0 radical (unpaired) electrons. The summed E-state index contributed by atoms with van der Waals surface area (Å²) in [7, 11) is 1.74. The molecule has 0 aliphatic heterocycles. The average molecular weight is 242 g/mol. The molecule has 18 heavy (non-hydrogen) atoms. The summed E-state index contributed by atoms with van der Waals surface area (Å²) in [4.78, 5) is 11.8. The van der Waals surface area contributed by atoms with Gasteiger partial charge in [-0.3, -0.25) is 9.48 Å². The molecule has 4 heteroatoms. The Hall–Kier alpha value is -2.36. The quantitative estimate of drug-likeness (QED) is 0.470. The molecule has 4 nitrogen and oxygen atoms in total. The zero-order valence-electron chi connectivity index (χ0n) is 10.3. The van der Waals surface area contributed by atoms with Crippen LogP contribution in [0.25, 0.3) is 6.08 Å². The molecular formula is C14H14N2O2. The van der Waals surface area contributed by atoms with Crippen molar-refractivity contribution in [1.29, 1.82) is 0 Å². The number of carbonyl (C=O) groups is 1. The van der Waals surface area contributed by atoms with E-state index in [2.05, 4.69) is 5.10 Å². The summed E-state index contributed by atoms with van der Waals surface area (Å²) in [6, 6.07) is 5.38. The molecule has 0 aliphatic carbocycles. The molecule has 2 aromatic heterocycles. The van der Waals surface area contributed by atoms with Crippen molar-refractivity contribution in [2.75, 3.05) is 0 Å². The van der Waals surface area contributed by atoms with Gasteiger partial charge >= 0.3 is 0 Å². The predicted octanol–water partition coefficient (Wildman–Crippen LogP) is 2.86. The second-order valence-corrected chi connectivity index (χ2v) is 3.94. The zero-order chi connectivity index (χ0) is 13.0. The number of aryl methyl sites for hydroxylation is 1. The number of carbonyl (C=O) groups excluding carboxylic acids is 1. The molecule has 0 fully saturated rings. The van der Waals surface area contributed by atoms with Crippen LogP contribution < -0.4 is 0 Å². The van der Waals surface area contributed by atoms with E-state index < -0.39 is 0 Å². The van der Waals surface area contributed by atoms with Crippen molar-refractivity contribution in [3.63, 3.8) is 0 Å². The number of hydrogen-bond donors (Lipinski definition) is 0. The minimum absolute atomic E-state index is 0.0674. The number of rotatable bonds is 4. The van der Waals surface area contributed by atoms with Gasteiger partial charge in [-0.15, -0.1) is 0 Å². The Balaban J connectivity index is 2.08. The summed E-state index contributed by atoms with van der Waals surface area (Å²) in [6.07, 6.45) is 8.38. The number of nitrogens with zero attached hydrogens (tertiary/aromatic N) is 2. The van der Waals surface area contributed by atoms with Gasteiger partial charge in [-0.2, -0.15) is 5.10 Å². The van der Waals surface area contributed by atoms with Crippen molar-refractivity contribution in [2.45, 2.75) is 6.92 Å². The van der Waals surface area contributed by atoms with Crippen LogP contribution in [0.2, 0.25) is 0 Å². The monoisotopic (exact) mass is 242 g/mol. The lowest BCUT2D eigenvalue weighted by Crippen LogP contribution is -2.03. The first-order valence-electron chi connectivity index (χ1n) is 5.59. The molecule has 2 heterocycles. The van der Waals surface area contributed by atoms with Gasteiger partial charge < -0.3 is 4.42 Å². The van der Waals surface area contributed by atoms with E-state index in [-0.39, 0.29) is 5.78 Å². The summed E-state index contributed by atoms with van der Waals surface area (Å²) in [5.74, 6) is 0.701. The Bertz CT molecular complexity index is 589. The largest absolute Gasteiger partial charge is 0.465 e. The first-order valence-corrected chi connectivity index (χ1v) is 5.59. The van der Waals surface area contributed by atoms with E-state index in [4.69, 9.17) is 4.42 Å². The van der Waals surface area contributed by atoms with E-state index >= 15 is 0 Å². The minimum atomic E-state index is -0.0674. The lowest BCUT2D eigenvalue weighted by Gasteiger charge is -1.96. The number of hydrogen-bond acceptors (Lipinski definition) is 3. The van der Waals surface area contributed by atoms with Crippen molar-refractivity contribution in [3.05, 3.63) is 59.8 Å². The maximum Gasteiger partial charge on any atom is 0.203 e. The fraction of sp³-hybridized carbons (Fsp3) is 0.143. The van der Waals surface area contributed by atoms with Gasteiger partial charge in [0.25, 0.3) is 0 Å². The van der Waals surface area contributed by atoms with E-state index in [9.17, 15) is 4.79 Å². The standard InChI is InChI=1S/C14H14N2O2/c1-11(10-12-4-3-9-18-12)5-6-14(17)13-7-8-15-16(13)2/h3-10H,1-2H3/b6-5+,11-10+. The highest BCUT2D eigenvalue weighted by atomic mass is 16.3. The topological polar surface area (TPSA) is 48.0 Å². The molecule has 0 unspecified atom stereocenters. The van der Waals surface area contributed by atoms with Gasteiger partial charge in [0.05, 0.1) is 6.26 Å². The Kier molecular flexibility index (Phi) is 3.57. The zero-order valence-corrected chi connectivity index (χ0v) is 10.3. The molecule has 0 saturated heterocycles. The van der Waals surface area contributed by atoms with Gasteiger partial charge in [0.1, 0.15) is 11.5 Å². The fourth-order valence-corrected chi connectivity index (χ4v) is 1.55. The van der Waals surface area contributed by atoms with Gasteiger partial charge in [0.2, 0.25) is 5.78 Å². The smallest absolute Gasteiger partial charge is 0.203 e. The summed E-state index contributed by atoms with van der Waals surface area (Å²) in [5.41, 5.74) is 1.51. The van der Waals surface area contributed by atoms with E-state index in [1.807, 2.05) is 25.1 Å². The Morgan fingerprint density at radius 3 is 2.83 bits per heavy atom. The normalized spacial score (nSPS) is 12.2. The van der Waals surface area contributed by atoms with Crippen LogP contribution in [0.5, 0.6) is 0 Å². The molecular weight excluding hydrogens is 228 g/mol. The molecule has 0 aliphatic rings. The van der Waals surface area contributed by atoms with E-state index in [1.54, 1.807) is 36.3 Å². The third-order valence-corrected chi connectivity index (χ3v) is 2.48. The highest BCUT2D eigenvalue weighted by Gasteiger charge is 2.05. The molecule has 0 N–H and O–H groups in total. The minimum Gasteiger partial charge on any atom is -0.465 e. The molecule has 92 valence electrons. The second-order valence-electron chi connectivity index (χ2n) is 3.94.